The Labute approximate surface area is 305 Å². The van der Waals surface area contributed by atoms with E-state index in [2.05, 4.69) is 13.8 Å². The number of unbranched alkanes of at least 4 members (excludes halogenated alkanes) is 27. The van der Waals surface area contributed by atoms with Gasteiger partial charge in [0.2, 0.25) is 0 Å². The summed E-state index contributed by atoms with van der Waals surface area (Å²) in [5.41, 5.74) is 0. The van der Waals surface area contributed by atoms with E-state index in [1.807, 2.05) is 0 Å². The Morgan fingerprint density at radius 2 is 0.653 bits per heavy atom. The third-order valence-corrected chi connectivity index (χ3v) is 10.0. The molecule has 298 valence electrons. The highest BCUT2D eigenvalue weighted by Gasteiger charge is 2.16. The SMILES string of the molecule is CCCCCCCCCCCCCCCCCC(CCCCCCCCCCCCCCCC)OS(=O)(=O)O.OCCN(CCO)CCO. The first kappa shape index (κ1) is 50.8. The third-order valence-electron chi connectivity index (χ3n) is 9.52. The highest BCUT2D eigenvalue weighted by Crippen LogP contribution is 2.19. The van der Waals surface area contributed by atoms with Crippen molar-refractivity contribution in [2.24, 2.45) is 0 Å². The van der Waals surface area contributed by atoms with Gasteiger partial charge in [0.15, 0.2) is 0 Å². The van der Waals surface area contributed by atoms with Crippen molar-refractivity contribution in [3.05, 3.63) is 0 Å². The largest absolute Gasteiger partial charge is 0.397 e. The van der Waals surface area contributed by atoms with E-state index < -0.39 is 10.4 Å². The summed E-state index contributed by atoms with van der Waals surface area (Å²) in [6.07, 6.45) is 39.3. The Morgan fingerprint density at radius 1 is 0.429 bits per heavy atom. The zero-order chi connectivity index (χ0) is 36.5. The molecule has 0 aromatic carbocycles. The number of aliphatic hydroxyl groups is 3. The molecule has 49 heavy (non-hydrogen) atoms. The second-order valence-electron chi connectivity index (χ2n) is 14.3. The Morgan fingerprint density at radius 3 is 0.857 bits per heavy atom. The van der Waals surface area contributed by atoms with Crippen molar-refractivity contribution in [2.45, 2.75) is 219 Å². The van der Waals surface area contributed by atoms with Crippen molar-refractivity contribution >= 4 is 10.4 Å². The molecule has 0 aromatic rings. The normalized spacial score (nSPS) is 12.4. The summed E-state index contributed by atoms with van der Waals surface area (Å²) in [6.45, 7) is 6.30. The molecule has 1 atom stereocenters. The smallest absolute Gasteiger partial charge is 0.395 e. The summed E-state index contributed by atoms with van der Waals surface area (Å²) in [4.78, 5) is 1.79. The maximum atomic E-state index is 11.3. The molecule has 1 unspecified atom stereocenters. The summed E-state index contributed by atoms with van der Waals surface area (Å²) in [6, 6.07) is 0. The van der Waals surface area contributed by atoms with Crippen LogP contribution in [0.2, 0.25) is 0 Å². The van der Waals surface area contributed by atoms with Gasteiger partial charge in [0.05, 0.1) is 25.9 Å². The topological polar surface area (TPSA) is 128 Å². The summed E-state index contributed by atoms with van der Waals surface area (Å²) >= 11 is 0. The fraction of sp³-hybridized carbons (Fsp3) is 1.00. The van der Waals surface area contributed by atoms with Gasteiger partial charge in [-0.05, 0) is 12.8 Å². The predicted molar refractivity (Wildman–Crippen MR) is 209 cm³/mol. The molecule has 0 aliphatic carbocycles. The molecule has 4 N–H and O–H groups in total. The molecule has 0 saturated heterocycles. The number of rotatable bonds is 39. The molecular weight excluding hydrogens is 639 g/mol. The Bertz CT molecular complexity index is 696. The summed E-state index contributed by atoms with van der Waals surface area (Å²) in [5, 5.41) is 25.5. The summed E-state index contributed by atoms with van der Waals surface area (Å²) in [5.74, 6) is 0. The molecule has 0 amide bonds. The van der Waals surface area contributed by atoms with E-state index in [0.29, 0.717) is 19.6 Å². The first-order valence-corrected chi connectivity index (χ1v) is 22.4. The molecule has 8 nitrogen and oxygen atoms in total. The number of hydrogen-bond acceptors (Lipinski definition) is 7. The second-order valence-corrected chi connectivity index (χ2v) is 15.3. The van der Waals surface area contributed by atoms with Crippen molar-refractivity contribution in [2.75, 3.05) is 39.5 Å². The molecule has 0 spiro atoms. The third kappa shape index (κ3) is 45.7. The van der Waals surface area contributed by atoms with Crippen LogP contribution in [-0.2, 0) is 14.6 Å². The lowest BCUT2D eigenvalue weighted by molar-refractivity contribution is 0.136. The lowest BCUT2D eigenvalue weighted by atomic mass is 10.0. The number of aliphatic hydroxyl groups excluding tert-OH is 3. The molecule has 0 fully saturated rings. The molecule has 0 heterocycles. The Balaban J connectivity index is 0. The van der Waals surface area contributed by atoms with Crippen molar-refractivity contribution in [1.82, 2.24) is 4.90 Å². The highest BCUT2D eigenvalue weighted by atomic mass is 32.3. The van der Waals surface area contributed by atoms with Gasteiger partial charge >= 0.3 is 10.4 Å². The first-order valence-electron chi connectivity index (χ1n) is 21.0. The van der Waals surface area contributed by atoms with Crippen LogP contribution in [0.25, 0.3) is 0 Å². The summed E-state index contributed by atoms with van der Waals surface area (Å²) < 4.78 is 36.7. The zero-order valence-corrected chi connectivity index (χ0v) is 33.4. The van der Waals surface area contributed by atoms with Crippen LogP contribution in [0.15, 0.2) is 0 Å². The van der Waals surface area contributed by atoms with Gasteiger partial charge in [-0.3, -0.25) is 9.45 Å². The zero-order valence-electron chi connectivity index (χ0n) is 32.6. The van der Waals surface area contributed by atoms with Crippen LogP contribution in [0.3, 0.4) is 0 Å². The van der Waals surface area contributed by atoms with Crippen LogP contribution in [-0.4, -0.2) is 78.7 Å². The van der Waals surface area contributed by atoms with E-state index >= 15 is 0 Å². The quantitative estimate of drug-likeness (QED) is 0.0364. The van der Waals surface area contributed by atoms with E-state index in [0.717, 1.165) is 38.5 Å². The van der Waals surface area contributed by atoms with Gasteiger partial charge in [0.25, 0.3) is 0 Å². The molecule has 9 heteroatoms. The van der Waals surface area contributed by atoms with Crippen LogP contribution < -0.4 is 0 Å². The molecule has 0 aliphatic heterocycles. The van der Waals surface area contributed by atoms with Crippen molar-refractivity contribution in [3.63, 3.8) is 0 Å². The van der Waals surface area contributed by atoms with Gasteiger partial charge in [-0.1, -0.05) is 200 Å². The minimum absolute atomic E-state index is 0.0694. The van der Waals surface area contributed by atoms with Crippen molar-refractivity contribution in [3.8, 4) is 0 Å². The minimum atomic E-state index is -4.36. The fourth-order valence-corrected chi connectivity index (χ4v) is 7.02. The fourth-order valence-electron chi connectivity index (χ4n) is 6.48. The van der Waals surface area contributed by atoms with E-state index in [-0.39, 0.29) is 25.9 Å². The van der Waals surface area contributed by atoms with E-state index in [4.69, 9.17) is 19.5 Å². The van der Waals surface area contributed by atoms with Gasteiger partial charge in [-0.15, -0.1) is 0 Å². The van der Waals surface area contributed by atoms with Gasteiger partial charge in [0.1, 0.15) is 0 Å². The molecule has 0 saturated carbocycles. The van der Waals surface area contributed by atoms with Crippen LogP contribution in [0.5, 0.6) is 0 Å². The van der Waals surface area contributed by atoms with Crippen LogP contribution in [0.1, 0.15) is 213 Å². The number of hydrogen-bond donors (Lipinski definition) is 4. The van der Waals surface area contributed by atoms with Gasteiger partial charge < -0.3 is 15.3 Å². The average Bonchev–Trinajstić information content (AvgIpc) is 3.06. The van der Waals surface area contributed by atoms with Gasteiger partial charge in [-0.25, -0.2) is 4.18 Å². The molecule has 0 aliphatic rings. The lowest BCUT2D eigenvalue weighted by Crippen LogP contribution is -2.32. The predicted octanol–water partition coefficient (Wildman–Crippen LogP) is 10.6. The maximum Gasteiger partial charge on any atom is 0.397 e. The maximum absolute atomic E-state index is 11.3. The van der Waals surface area contributed by atoms with Gasteiger partial charge in [0, 0.05) is 19.6 Å². The highest BCUT2D eigenvalue weighted by molar-refractivity contribution is 7.80. The van der Waals surface area contributed by atoms with Crippen LogP contribution >= 0.6 is 0 Å². The lowest BCUT2D eigenvalue weighted by Gasteiger charge is -2.17. The molecular formula is C40H85NO7S. The molecule has 0 radical (unpaired) electrons. The van der Waals surface area contributed by atoms with E-state index in [1.54, 1.807) is 4.90 Å². The Hall–Kier alpha value is -0.290. The van der Waals surface area contributed by atoms with Crippen molar-refractivity contribution < 1.29 is 32.5 Å². The van der Waals surface area contributed by atoms with E-state index in [9.17, 15) is 13.0 Å². The Kier molecular flexibility index (Phi) is 43.7. The average molecular weight is 724 g/mol. The molecule has 0 rings (SSSR count). The van der Waals surface area contributed by atoms with E-state index in [1.165, 1.54) is 161 Å². The standard InChI is InChI=1S/C34H70O4S.C6H15NO3/c1-3-5-7-9-11-13-15-17-19-21-23-25-27-29-31-33-34(38-39(35,36)37)32-30-28-26-24-22-20-18-16-14-12-10-8-6-4-2;8-4-1-7(2-5-9)3-6-10/h34H,3-33H2,1-2H3,(H,35,36,37);8-10H,1-6H2. The van der Waals surface area contributed by atoms with Gasteiger partial charge in [-0.2, -0.15) is 8.42 Å². The van der Waals surface area contributed by atoms with Crippen molar-refractivity contribution in [1.29, 1.82) is 0 Å². The molecule has 0 aromatic heterocycles. The monoisotopic (exact) mass is 724 g/mol. The van der Waals surface area contributed by atoms with Crippen LogP contribution in [0, 0.1) is 0 Å². The molecule has 0 bridgehead atoms. The first-order chi connectivity index (χ1) is 23.8. The summed E-state index contributed by atoms with van der Waals surface area (Å²) in [7, 11) is -4.36. The van der Waals surface area contributed by atoms with Crippen LogP contribution in [0.4, 0.5) is 0 Å². The number of nitrogens with zero attached hydrogens (tertiary/aromatic N) is 1. The second kappa shape index (κ2) is 42.1. The minimum Gasteiger partial charge on any atom is -0.395 e.